The maximum Gasteiger partial charge on any atom is 0.268 e. The summed E-state index contributed by atoms with van der Waals surface area (Å²) < 4.78 is 23.1. The van der Waals surface area contributed by atoms with Crippen molar-refractivity contribution in [3.63, 3.8) is 0 Å². The van der Waals surface area contributed by atoms with E-state index in [1.165, 1.54) is 25.7 Å². The number of carbonyl (C=O) groups excluding carboxylic acids is 1. The number of unbranched alkanes of at least 4 members (excludes halogenated alkanes) is 7. The van der Waals surface area contributed by atoms with Crippen LogP contribution in [0.3, 0.4) is 0 Å². The number of carbonyl (C=O) groups is 1. The van der Waals surface area contributed by atoms with Gasteiger partial charge in [-0.1, -0.05) is 203 Å². The third-order valence-corrected chi connectivity index (χ3v) is 11.6. The molecule has 0 saturated heterocycles. The first-order chi connectivity index (χ1) is 34.5. The molecule has 0 aliphatic heterocycles. The monoisotopic (exact) mass is 999 g/mol. The molecule has 0 aromatic rings. The summed E-state index contributed by atoms with van der Waals surface area (Å²) in [5, 5.41) is 13.7. The number of phosphoric ester groups is 1. The number of allylic oxidation sites excluding steroid dienone is 27. The molecule has 0 aromatic carbocycles. The van der Waals surface area contributed by atoms with Crippen LogP contribution in [0.1, 0.15) is 162 Å². The number of nitrogens with zero attached hydrogens (tertiary/aromatic N) is 1. The third kappa shape index (κ3) is 53.5. The molecule has 2 N–H and O–H groups in total. The van der Waals surface area contributed by atoms with Crippen LogP contribution in [-0.4, -0.2) is 68.5 Å². The number of phosphoric acid groups is 1. The van der Waals surface area contributed by atoms with Crippen molar-refractivity contribution in [2.75, 3.05) is 40.9 Å². The Kier molecular flexibility index (Phi) is 47.8. The highest BCUT2D eigenvalue weighted by molar-refractivity contribution is 7.45. The lowest BCUT2D eigenvalue weighted by Crippen LogP contribution is -2.45. The molecule has 1 amide bonds. The smallest absolute Gasteiger partial charge is 0.268 e. The van der Waals surface area contributed by atoms with E-state index in [4.69, 9.17) is 9.05 Å². The molecule has 0 fully saturated rings. The zero-order chi connectivity index (χ0) is 52.0. The minimum absolute atomic E-state index is 0.0250. The van der Waals surface area contributed by atoms with Crippen molar-refractivity contribution in [1.82, 2.24) is 5.32 Å². The van der Waals surface area contributed by atoms with Crippen molar-refractivity contribution >= 4 is 13.7 Å². The Morgan fingerprint density at radius 1 is 0.507 bits per heavy atom. The van der Waals surface area contributed by atoms with Gasteiger partial charge in [-0.15, -0.1) is 0 Å². The number of aliphatic hydroxyl groups is 1. The van der Waals surface area contributed by atoms with Gasteiger partial charge in [0, 0.05) is 6.42 Å². The van der Waals surface area contributed by atoms with Crippen LogP contribution >= 0.6 is 7.82 Å². The van der Waals surface area contributed by atoms with Gasteiger partial charge in [-0.05, 0) is 122 Å². The van der Waals surface area contributed by atoms with Gasteiger partial charge in [-0.25, -0.2) is 0 Å². The molecule has 0 heterocycles. The molecule has 0 saturated carbocycles. The van der Waals surface area contributed by atoms with Crippen LogP contribution in [0.4, 0.5) is 0 Å². The predicted molar refractivity (Wildman–Crippen MR) is 306 cm³/mol. The number of nitrogens with one attached hydrogen (secondary N) is 1. The topological polar surface area (TPSA) is 108 Å². The molecule has 0 aromatic heterocycles. The van der Waals surface area contributed by atoms with Crippen molar-refractivity contribution in [2.24, 2.45) is 0 Å². The zero-order valence-electron chi connectivity index (χ0n) is 45.1. The number of amides is 1. The minimum atomic E-state index is -4.62. The number of hydrogen-bond acceptors (Lipinski definition) is 6. The number of rotatable bonds is 46. The van der Waals surface area contributed by atoms with Crippen molar-refractivity contribution in [3.8, 4) is 0 Å². The Balaban J connectivity index is 4.24. The fraction of sp³-hybridized carbons (Fsp3) is 0.532. The van der Waals surface area contributed by atoms with E-state index in [0.29, 0.717) is 17.4 Å². The fourth-order valence-corrected chi connectivity index (χ4v) is 7.16. The maximum atomic E-state index is 12.9. The van der Waals surface area contributed by atoms with Gasteiger partial charge in [0.05, 0.1) is 39.9 Å². The summed E-state index contributed by atoms with van der Waals surface area (Å²) in [4.78, 5) is 25.3. The summed E-state index contributed by atoms with van der Waals surface area (Å²) in [6.45, 7) is 4.39. The highest BCUT2D eigenvalue weighted by Crippen LogP contribution is 2.38. The van der Waals surface area contributed by atoms with Crippen LogP contribution in [-0.2, 0) is 18.4 Å². The van der Waals surface area contributed by atoms with Crippen LogP contribution in [0.15, 0.2) is 170 Å². The Hall–Kier alpha value is -4.14. The molecule has 0 spiro atoms. The van der Waals surface area contributed by atoms with Gasteiger partial charge in [0.15, 0.2) is 0 Å². The largest absolute Gasteiger partial charge is 0.756 e. The van der Waals surface area contributed by atoms with Gasteiger partial charge < -0.3 is 28.8 Å². The number of aliphatic hydroxyl groups excluding tert-OH is 1. The normalized spacial score (nSPS) is 15.3. The highest BCUT2D eigenvalue weighted by Gasteiger charge is 2.23. The van der Waals surface area contributed by atoms with E-state index >= 15 is 0 Å². The SMILES string of the molecule is CC/C=C\C/C=C\C/C=C\C/C=C\C/C=C\C/C=C\C/C=C\C/C=C\C/C=C\C/C=C\C/C=C\C/C=C\CCCCC(=O)NC(COP(=O)([O-])OCC[N+](C)(C)C)C(O)/C=C/CC/C=C/CCCCCC. The molecule has 3 atom stereocenters. The summed E-state index contributed by atoms with van der Waals surface area (Å²) in [5.74, 6) is -0.261. The van der Waals surface area contributed by atoms with E-state index in [1.54, 1.807) is 6.08 Å². The fourth-order valence-electron chi connectivity index (χ4n) is 6.44. The molecular formula is C62H99N2O6P. The molecule has 0 bridgehead atoms. The highest BCUT2D eigenvalue weighted by atomic mass is 31.2. The Labute approximate surface area is 434 Å². The van der Waals surface area contributed by atoms with Crippen LogP contribution in [0, 0.1) is 0 Å². The van der Waals surface area contributed by atoms with E-state index in [1.807, 2.05) is 27.2 Å². The number of hydrogen-bond donors (Lipinski definition) is 2. The minimum Gasteiger partial charge on any atom is -0.756 e. The first-order valence-corrected chi connectivity index (χ1v) is 28.5. The van der Waals surface area contributed by atoms with Crippen molar-refractivity contribution in [3.05, 3.63) is 170 Å². The first kappa shape index (κ1) is 66.9. The van der Waals surface area contributed by atoms with Gasteiger partial charge in [0.2, 0.25) is 5.91 Å². The van der Waals surface area contributed by atoms with Crippen molar-refractivity contribution in [2.45, 2.75) is 174 Å². The molecule has 3 unspecified atom stereocenters. The van der Waals surface area contributed by atoms with Crippen molar-refractivity contribution in [1.29, 1.82) is 0 Å². The van der Waals surface area contributed by atoms with Gasteiger partial charge in [-0.2, -0.15) is 0 Å². The maximum absolute atomic E-state index is 12.9. The third-order valence-electron chi connectivity index (χ3n) is 10.7. The molecule has 398 valence electrons. The van der Waals surface area contributed by atoms with Crippen LogP contribution in [0.25, 0.3) is 0 Å². The Morgan fingerprint density at radius 2 is 0.873 bits per heavy atom. The lowest BCUT2D eigenvalue weighted by molar-refractivity contribution is -0.870. The second-order valence-electron chi connectivity index (χ2n) is 18.5. The molecule has 0 rings (SSSR count). The summed E-state index contributed by atoms with van der Waals surface area (Å²) in [6, 6.07) is -0.938. The van der Waals surface area contributed by atoms with Crippen molar-refractivity contribution < 1.29 is 32.9 Å². The molecular weight excluding hydrogens is 900 g/mol. The summed E-state index contributed by atoms with van der Waals surface area (Å²) >= 11 is 0. The standard InChI is InChI=1S/C62H99N2O6P/c1-6-8-10-12-14-16-18-19-20-21-22-23-24-25-26-27-28-29-30-31-32-33-34-35-36-37-38-39-40-41-42-43-44-45-46-48-50-52-54-56-62(66)63-60(59-70-71(67,68)69-58-57-64(3,4)5)61(65)55-53-51-49-47-17-15-13-11-9-7-2/h8,10,14,16-17,19-20,22-23,25-26,28-29,31-32,34-35,37-38,40-41,43-44,46-48,53,55,60-61,65H,6-7,9,11-13,15,18,21,24,27,30,33,36,39,42,45,49-52,54,56-59H2,1-5H3,(H-,63,66,67,68)/b10-8-,16-14-,20-19-,23-22-,26-25-,29-28-,32-31-,35-34-,38-37-,41-40-,44-43-,47-17+,48-46-,55-53+. The van der Waals surface area contributed by atoms with E-state index in [-0.39, 0.29) is 18.9 Å². The Morgan fingerprint density at radius 3 is 1.28 bits per heavy atom. The van der Waals surface area contributed by atoms with Gasteiger partial charge in [-0.3, -0.25) is 9.36 Å². The summed E-state index contributed by atoms with van der Waals surface area (Å²) in [6.07, 6.45) is 81.6. The number of quaternary nitrogens is 1. The van der Waals surface area contributed by atoms with Crippen LogP contribution in [0.5, 0.6) is 0 Å². The lowest BCUT2D eigenvalue weighted by atomic mass is 10.1. The average molecular weight is 999 g/mol. The first-order valence-electron chi connectivity index (χ1n) is 27.0. The molecule has 0 aliphatic carbocycles. The summed E-state index contributed by atoms with van der Waals surface area (Å²) in [7, 11) is 1.18. The second-order valence-corrected chi connectivity index (χ2v) is 19.9. The number of likely N-dealkylation sites (N-methyl/N-ethyl adjacent to an activating group) is 1. The van der Waals surface area contributed by atoms with Gasteiger partial charge in [0.1, 0.15) is 13.2 Å². The van der Waals surface area contributed by atoms with E-state index in [9.17, 15) is 19.4 Å². The second kappa shape index (κ2) is 50.8. The molecule has 8 nitrogen and oxygen atoms in total. The van der Waals surface area contributed by atoms with Gasteiger partial charge in [0.25, 0.3) is 7.82 Å². The van der Waals surface area contributed by atoms with Crippen LogP contribution in [0.2, 0.25) is 0 Å². The lowest BCUT2D eigenvalue weighted by Gasteiger charge is -2.29. The summed E-state index contributed by atoms with van der Waals surface area (Å²) in [5.41, 5.74) is 0. The average Bonchev–Trinajstić information content (AvgIpc) is 3.33. The quantitative estimate of drug-likeness (QED) is 0.0272. The van der Waals surface area contributed by atoms with E-state index in [2.05, 4.69) is 177 Å². The van der Waals surface area contributed by atoms with E-state index in [0.717, 1.165) is 109 Å². The molecule has 0 aliphatic rings. The Bertz CT molecular complexity index is 1750. The molecule has 0 radical (unpaired) electrons. The van der Waals surface area contributed by atoms with E-state index < -0.39 is 26.6 Å². The van der Waals surface area contributed by atoms with Gasteiger partial charge >= 0.3 is 0 Å². The molecule has 71 heavy (non-hydrogen) atoms. The molecule has 9 heteroatoms. The predicted octanol–water partition coefficient (Wildman–Crippen LogP) is 15.8. The zero-order valence-corrected chi connectivity index (χ0v) is 46.0. The van der Waals surface area contributed by atoms with Crippen LogP contribution < -0.4 is 10.2 Å².